The van der Waals surface area contributed by atoms with Gasteiger partial charge in [-0.2, -0.15) is 0 Å². The molecule has 1 heterocycles. The number of nitrogens with zero attached hydrogens (tertiary/aromatic N) is 3. The molecule has 0 radical (unpaired) electrons. The predicted molar refractivity (Wildman–Crippen MR) is 128 cm³/mol. The highest BCUT2D eigenvalue weighted by molar-refractivity contribution is 9.10. The first-order chi connectivity index (χ1) is 15.0. The summed E-state index contributed by atoms with van der Waals surface area (Å²) in [6.45, 7) is 2.53. The van der Waals surface area contributed by atoms with Crippen molar-refractivity contribution in [2.75, 3.05) is 11.9 Å². The van der Waals surface area contributed by atoms with E-state index in [1.165, 1.54) is 0 Å². The van der Waals surface area contributed by atoms with E-state index in [4.69, 9.17) is 4.74 Å². The maximum Gasteiger partial charge on any atom is 0.295 e. The van der Waals surface area contributed by atoms with Gasteiger partial charge in [-0.15, -0.1) is 5.10 Å². The SMILES string of the molecule is CCOc1ccc(-n2nc(C(=O)Nc3cccc(Br)c3)nc2-c2ccc(Br)cc2)cc1. The number of anilines is 1. The van der Waals surface area contributed by atoms with Gasteiger partial charge in [-0.1, -0.05) is 50.1 Å². The number of hydrogen-bond donors (Lipinski definition) is 1. The Labute approximate surface area is 196 Å². The van der Waals surface area contributed by atoms with Crippen molar-refractivity contribution in [1.82, 2.24) is 14.8 Å². The first-order valence-electron chi connectivity index (χ1n) is 9.56. The summed E-state index contributed by atoms with van der Waals surface area (Å²) in [6, 6.07) is 22.6. The second kappa shape index (κ2) is 9.45. The van der Waals surface area contributed by atoms with E-state index in [0.717, 1.165) is 25.9 Å². The number of amides is 1. The molecule has 0 atom stereocenters. The van der Waals surface area contributed by atoms with Crippen LogP contribution in [0.3, 0.4) is 0 Å². The topological polar surface area (TPSA) is 69.0 Å². The van der Waals surface area contributed by atoms with Crippen LogP contribution in [-0.2, 0) is 0 Å². The molecule has 4 aromatic rings. The third kappa shape index (κ3) is 5.03. The summed E-state index contributed by atoms with van der Waals surface area (Å²) >= 11 is 6.86. The Bertz CT molecular complexity index is 1210. The van der Waals surface area contributed by atoms with Crippen molar-refractivity contribution in [3.63, 3.8) is 0 Å². The third-order valence-electron chi connectivity index (χ3n) is 4.39. The monoisotopic (exact) mass is 540 g/mol. The lowest BCUT2D eigenvalue weighted by Crippen LogP contribution is -2.14. The maximum absolute atomic E-state index is 12.9. The zero-order valence-electron chi connectivity index (χ0n) is 16.5. The van der Waals surface area contributed by atoms with Crippen molar-refractivity contribution < 1.29 is 9.53 Å². The summed E-state index contributed by atoms with van der Waals surface area (Å²) in [5.74, 6) is 1.02. The fraction of sp³-hybridized carbons (Fsp3) is 0.0870. The quantitative estimate of drug-likeness (QED) is 0.320. The number of benzene rings is 3. The molecule has 0 unspecified atom stereocenters. The Morgan fingerprint density at radius 3 is 2.42 bits per heavy atom. The number of ether oxygens (including phenoxy) is 1. The van der Waals surface area contributed by atoms with Gasteiger partial charge >= 0.3 is 0 Å². The van der Waals surface area contributed by atoms with Gasteiger partial charge in [0.2, 0.25) is 5.82 Å². The van der Waals surface area contributed by atoms with E-state index in [0.29, 0.717) is 18.1 Å². The van der Waals surface area contributed by atoms with E-state index < -0.39 is 0 Å². The molecule has 1 N–H and O–H groups in total. The number of carbonyl (C=O) groups excluding carboxylic acids is 1. The smallest absolute Gasteiger partial charge is 0.295 e. The molecule has 0 aliphatic heterocycles. The van der Waals surface area contributed by atoms with Gasteiger partial charge in [-0.05, 0) is 61.5 Å². The number of nitrogens with one attached hydrogen (secondary N) is 1. The number of halogens is 2. The van der Waals surface area contributed by atoms with Gasteiger partial charge in [-0.3, -0.25) is 4.79 Å². The molecule has 0 saturated carbocycles. The summed E-state index contributed by atoms with van der Waals surface area (Å²) in [5, 5.41) is 7.35. The van der Waals surface area contributed by atoms with Crippen molar-refractivity contribution in [3.05, 3.63) is 87.6 Å². The average molecular weight is 542 g/mol. The van der Waals surface area contributed by atoms with E-state index >= 15 is 0 Å². The van der Waals surface area contributed by atoms with Crippen molar-refractivity contribution in [3.8, 4) is 22.8 Å². The van der Waals surface area contributed by atoms with Gasteiger partial charge in [0.1, 0.15) is 5.75 Å². The minimum Gasteiger partial charge on any atom is -0.494 e. The van der Waals surface area contributed by atoms with Crippen LogP contribution < -0.4 is 10.1 Å². The minimum atomic E-state index is -0.388. The Hall–Kier alpha value is -2.97. The van der Waals surface area contributed by atoms with Crippen molar-refractivity contribution in [2.45, 2.75) is 6.92 Å². The van der Waals surface area contributed by atoms with Crippen LogP contribution in [-0.4, -0.2) is 27.3 Å². The third-order valence-corrected chi connectivity index (χ3v) is 5.41. The van der Waals surface area contributed by atoms with Crippen LogP contribution in [0, 0.1) is 0 Å². The van der Waals surface area contributed by atoms with E-state index in [-0.39, 0.29) is 11.7 Å². The normalized spacial score (nSPS) is 10.7. The summed E-state index contributed by atoms with van der Waals surface area (Å²) < 4.78 is 9.01. The lowest BCUT2D eigenvalue weighted by atomic mass is 10.2. The fourth-order valence-corrected chi connectivity index (χ4v) is 3.64. The molecule has 3 aromatic carbocycles. The second-order valence-electron chi connectivity index (χ2n) is 6.57. The molecule has 1 aromatic heterocycles. The molecule has 6 nitrogen and oxygen atoms in total. The molecule has 4 rings (SSSR count). The number of aromatic nitrogens is 3. The van der Waals surface area contributed by atoms with Crippen LogP contribution in [0.1, 0.15) is 17.5 Å². The molecule has 0 aliphatic rings. The van der Waals surface area contributed by atoms with E-state index in [2.05, 4.69) is 47.3 Å². The Balaban J connectivity index is 1.72. The molecule has 0 bridgehead atoms. The molecule has 0 spiro atoms. The van der Waals surface area contributed by atoms with E-state index in [9.17, 15) is 4.79 Å². The van der Waals surface area contributed by atoms with Gasteiger partial charge in [0.25, 0.3) is 5.91 Å². The highest BCUT2D eigenvalue weighted by Crippen LogP contribution is 2.25. The van der Waals surface area contributed by atoms with Crippen LogP contribution in [0.15, 0.2) is 81.7 Å². The Morgan fingerprint density at radius 2 is 1.74 bits per heavy atom. The van der Waals surface area contributed by atoms with Crippen LogP contribution in [0.2, 0.25) is 0 Å². The molecule has 1 amide bonds. The average Bonchev–Trinajstić information content (AvgIpc) is 3.21. The fourth-order valence-electron chi connectivity index (χ4n) is 2.98. The van der Waals surface area contributed by atoms with Crippen molar-refractivity contribution in [1.29, 1.82) is 0 Å². The maximum atomic E-state index is 12.9. The van der Waals surface area contributed by atoms with E-state index in [1.54, 1.807) is 4.68 Å². The van der Waals surface area contributed by atoms with Gasteiger partial charge in [0, 0.05) is 20.2 Å². The van der Waals surface area contributed by atoms with Crippen LogP contribution in [0.5, 0.6) is 5.75 Å². The lowest BCUT2D eigenvalue weighted by molar-refractivity contribution is 0.101. The van der Waals surface area contributed by atoms with E-state index in [1.807, 2.05) is 79.7 Å². The number of carbonyl (C=O) groups is 1. The minimum absolute atomic E-state index is 0.0757. The van der Waals surface area contributed by atoms with Crippen molar-refractivity contribution in [2.24, 2.45) is 0 Å². The lowest BCUT2D eigenvalue weighted by Gasteiger charge is -2.08. The molecule has 0 fully saturated rings. The van der Waals surface area contributed by atoms with Gasteiger partial charge in [0.05, 0.1) is 12.3 Å². The predicted octanol–water partition coefficient (Wildman–Crippen LogP) is 6.11. The molecular formula is C23H18Br2N4O2. The first-order valence-corrected chi connectivity index (χ1v) is 11.2. The summed E-state index contributed by atoms with van der Waals surface area (Å²) in [4.78, 5) is 17.4. The summed E-state index contributed by atoms with van der Waals surface area (Å²) in [7, 11) is 0. The molecule has 8 heteroatoms. The van der Waals surface area contributed by atoms with Gasteiger partial charge in [-0.25, -0.2) is 9.67 Å². The first kappa shape index (κ1) is 21.3. The standard InChI is InChI=1S/C23H18Br2N4O2/c1-2-31-20-12-10-19(11-13-20)29-22(15-6-8-16(24)9-7-15)27-21(28-29)23(30)26-18-5-3-4-17(25)14-18/h3-14H,2H2,1H3,(H,26,30). The number of rotatable bonds is 6. The van der Waals surface area contributed by atoms with Crippen LogP contribution in [0.4, 0.5) is 5.69 Å². The summed E-state index contributed by atoms with van der Waals surface area (Å²) in [6.07, 6.45) is 0. The highest BCUT2D eigenvalue weighted by atomic mass is 79.9. The largest absolute Gasteiger partial charge is 0.494 e. The van der Waals surface area contributed by atoms with Gasteiger partial charge in [0.15, 0.2) is 5.82 Å². The molecular weight excluding hydrogens is 524 g/mol. The van der Waals surface area contributed by atoms with Gasteiger partial charge < -0.3 is 10.1 Å². The second-order valence-corrected chi connectivity index (χ2v) is 8.40. The van der Waals surface area contributed by atoms with Crippen LogP contribution >= 0.6 is 31.9 Å². The van der Waals surface area contributed by atoms with Crippen molar-refractivity contribution >= 4 is 43.5 Å². The zero-order valence-corrected chi connectivity index (χ0v) is 19.7. The Morgan fingerprint density at radius 1 is 1.00 bits per heavy atom. The molecule has 156 valence electrons. The molecule has 0 saturated heterocycles. The Kier molecular flexibility index (Phi) is 6.48. The molecule has 0 aliphatic carbocycles. The van der Waals surface area contributed by atoms with Crippen LogP contribution in [0.25, 0.3) is 17.1 Å². The molecule has 31 heavy (non-hydrogen) atoms. The highest BCUT2D eigenvalue weighted by Gasteiger charge is 2.19. The zero-order chi connectivity index (χ0) is 21.8. The summed E-state index contributed by atoms with van der Waals surface area (Å²) in [5.41, 5.74) is 2.27. The number of hydrogen-bond acceptors (Lipinski definition) is 4.